The second-order valence-corrected chi connectivity index (χ2v) is 12.2. The smallest absolute Gasteiger partial charge is 0.160 e. The zero-order valence-electron chi connectivity index (χ0n) is 25.3. The summed E-state index contributed by atoms with van der Waals surface area (Å²) in [5.41, 5.74) is 14.9. The fourth-order valence-corrected chi connectivity index (χ4v) is 6.53. The molecular formula is C42H31N3. The topological polar surface area (TPSA) is 38.7 Å². The van der Waals surface area contributed by atoms with Gasteiger partial charge in [0.1, 0.15) is 0 Å². The number of benzene rings is 5. The maximum atomic E-state index is 5.00. The van der Waals surface area contributed by atoms with Crippen LogP contribution in [0.2, 0.25) is 0 Å². The Morgan fingerprint density at radius 2 is 0.911 bits per heavy atom. The molecule has 0 saturated heterocycles. The molecule has 0 N–H and O–H groups in total. The quantitative estimate of drug-likeness (QED) is 0.204. The zero-order chi connectivity index (χ0) is 30.4. The van der Waals surface area contributed by atoms with Gasteiger partial charge < -0.3 is 0 Å². The summed E-state index contributed by atoms with van der Waals surface area (Å²) >= 11 is 0. The summed E-state index contributed by atoms with van der Waals surface area (Å²) in [7, 11) is 0. The van der Waals surface area contributed by atoms with E-state index < -0.39 is 0 Å². The van der Waals surface area contributed by atoms with Crippen LogP contribution in [0.5, 0.6) is 0 Å². The average molecular weight is 578 g/mol. The van der Waals surface area contributed by atoms with Crippen LogP contribution < -0.4 is 0 Å². The lowest BCUT2D eigenvalue weighted by Gasteiger charge is -2.22. The molecule has 3 heteroatoms. The van der Waals surface area contributed by atoms with E-state index in [9.17, 15) is 0 Å². The minimum absolute atomic E-state index is 0.110. The molecule has 0 fully saturated rings. The van der Waals surface area contributed by atoms with Gasteiger partial charge in [-0.15, -0.1) is 0 Å². The minimum atomic E-state index is -0.110. The van der Waals surface area contributed by atoms with Gasteiger partial charge >= 0.3 is 0 Å². The van der Waals surface area contributed by atoms with Crippen LogP contribution in [-0.2, 0) is 5.41 Å². The summed E-state index contributed by atoms with van der Waals surface area (Å²) in [6.45, 7) is 4.67. The summed E-state index contributed by atoms with van der Waals surface area (Å²) in [6.07, 6.45) is 3.76. The van der Waals surface area contributed by atoms with Crippen molar-refractivity contribution in [2.75, 3.05) is 0 Å². The van der Waals surface area contributed by atoms with Crippen molar-refractivity contribution in [1.82, 2.24) is 15.0 Å². The lowest BCUT2D eigenvalue weighted by Crippen LogP contribution is -2.15. The molecule has 0 radical (unpaired) electrons. The number of hydrogen-bond donors (Lipinski definition) is 0. The molecule has 1 aliphatic carbocycles. The van der Waals surface area contributed by atoms with Gasteiger partial charge in [-0.25, -0.2) is 9.97 Å². The Morgan fingerprint density at radius 3 is 1.49 bits per heavy atom. The maximum absolute atomic E-state index is 5.00. The Kier molecular flexibility index (Phi) is 6.46. The van der Waals surface area contributed by atoms with Gasteiger partial charge in [0.25, 0.3) is 0 Å². The van der Waals surface area contributed by atoms with Gasteiger partial charge in [-0.05, 0) is 68.8 Å². The van der Waals surface area contributed by atoms with Crippen LogP contribution in [-0.4, -0.2) is 15.0 Å². The standard InChI is InChI=1S/C42H31N3/c1-42(2)37-24-32(19-21-35(37)36-22-20-33(25-38(36)42)34-14-9-23-43-27-34)28-15-17-30(18-16-28)40-26-39(29-10-5-3-6-11-29)44-41(45-40)31-12-7-4-8-13-31/h3-27H,1-2H3. The van der Waals surface area contributed by atoms with E-state index in [1.165, 1.54) is 38.9 Å². The zero-order valence-corrected chi connectivity index (χ0v) is 25.3. The molecule has 0 spiro atoms. The highest BCUT2D eigenvalue weighted by Crippen LogP contribution is 2.50. The van der Waals surface area contributed by atoms with Gasteiger partial charge in [0.2, 0.25) is 0 Å². The second-order valence-electron chi connectivity index (χ2n) is 12.2. The molecule has 7 aromatic rings. The lowest BCUT2D eigenvalue weighted by molar-refractivity contribution is 0.661. The molecule has 214 valence electrons. The Labute approximate surface area is 264 Å². The number of fused-ring (bicyclic) bond motifs is 3. The maximum Gasteiger partial charge on any atom is 0.160 e. The molecule has 0 unspecified atom stereocenters. The summed E-state index contributed by atoms with van der Waals surface area (Å²) < 4.78 is 0. The predicted molar refractivity (Wildman–Crippen MR) is 185 cm³/mol. The summed E-state index contributed by atoms with van der Waals surface area (Å²) in [6, 6.07) is 49.2. The van der Waals surface area contributed by atoms with Crippen LogP contribution in [0.25, 0.3) is 67.3 Å². The summed E-state index contributed by atoms with van der Waals surface area (Å²) in [5.74, 6) is 0.725. The first-order valence-corrected chi connectivity index (χ1v) is 15.4. The fourth-order valence-electron chi connectivity index (χ4n) is 6.53. The molecule has 45 heavy (non-hydrogen) atoms. The van der Waals surface area contributed by atoms with Crippen LogP contribution in [0.3, 0.4) is 0 Å². The summed E-state index contributed by atoms with van der Waals surface area (Å²) in [4.78, 5) is 14.3. The van der Waals surface area contributed by atoms with Crippen molar-refractivity contribution in [3.05, 3.63) is 163 Å². The number of nitrogens with zero attached hydrogens (tertiary/aromatic N) is 3. The van der Waals surface area contributed by atoms with Crippen LogP contribution in [0.4, 0.5) is 0 Å². The van der Waals surface area contributed by atoms with Gasteiger partial charge in [0.05, 0.1) is 11.4 Å². The van der Waals surface area contributed by atoms with Crippen molar-refractivity contribution in [3.63, 3.8) is 0 Å². The third-order valence-corrected chi connectivity index (χ3v) is 9.01. The Morgan fingerprint density at radius 1 is 0.422 bits per heavy atom. The molecule has 2 heterocycles. The van der Waals surface area contributed by atoms with E-state index >= 15 is 0 Å². The van der Waals surface area contributed by atoms with Crippen molar-refractivity contribution in [3.8, 4) is 67.3 Å². The molecule has 0 bridgehead atoms. The van der Waals surface area contributed by atoms with Crippen molar-refractivity contribution < 1.29 is 0 Å². The minimum Gasteiger partial charge on any atom is -0.264 e. The lowest BCUT2D eigenvalue weighted by atomic mass is 9.81. The Hall–Kier alpha value is -5.67. The Bertz CT molecular complexity index is 2090. The van der Waals surface area contributed by atoms with Crippen LogP contribution >= 0.6 is 0 Å². The van der Waals surface area contributed by atoms with Crippen molar-refractivity contribution in [2.45, 2.75) is 19.3 Å². The van der Waals surface area contributed by atoms with Gasteiger partial charge in [-0.2, -0.15) is 0 Å². The molecule has 0 aliphatic heterocycles. The third-order valence-electron chi connectivity index (χ3n) is 9.01. The first kappa shape index (κ1) is 26.9. The monoisotopic (exact) mass is 577 g/mol. The first-order valence-electron chi connectivity index (χ1n) is 15.4. The molecular weight excluding hydrogens is 546 g/mol. The highest BCUT2D eigenvalue weighted by atomic mass is 14.9. The molecule has 2 aromatic heterocycles. The highest BCUT2D eigenvalue weighted by molar-refractivity contribution is 5.86. The van der Waals surface area contributed by atoms with Crippen LogP contribution in [0.15, 0.2) is 152 Å². The van der Waals surface area contributed by atoms with E-state index in [-0.39, 0.29) is 5.41 Å². The number of rotatable bonds is 5. The largest absolute Gasteiger partial charge is 0.264 e. The molecule has 8 rings (SSSR count). The van der Waals surface area contributed by atoms with E-state index in [0.29, 0.717) is 0 Å². The van der Waals surface area contributed by atoms with Gasteiger partial charge in [-0.3, -0.25) is 4.98 Å². The van der Waals surface area contributed by atoms with E-state index in [2.05, 4.69) is 116 Å². The molecule has 0 atom stereocenters. The fraction of sp³-hybridized carbons (Fsp3) is 0.0714. The summed E-state index contributed by atoms with van der Waals surface area (Å²) in [5, 5.41) is 0. The molecule has 5 aromatic carbocycles. The SMILES string of the molecule is CC1(C)c2cc(-c3ccc(-c4cc(-c5ccccc5)nc(-c5ccccc5)n4)cc3)ccc2-c2ccc(-c3cccnc3)cc21. The van der Waals surface area contributed by atoms with Crippen molar-refractivity contribution in [2.24, 2.45) is 0 Å². The van der Waals surface area contributed by atoms with Crippen LogP contribution in [0.1, 0.15) is 25.0 Å². The van der Waals surface area contributed by atoms with E-state index in [4.69, 9.17) is 9.97 Å². The number of aromatic nitrogens is 3. The van der Waals surface area contributed by atoms with Gasteiger partial charge in [0, 0.05) is 34.5 Å². The second kappa shape index (κ2) is 10.8. The number of hydrogen-bond acceptors (Lipinski definition) is 3. The molecule has 0 saturated carbocycles. The van der Waals surface area contributed by atoms with E-state index in [1.54, 1.807) is 0 Å². The van der Waals surface area contributed by atoms with E-state index in [0.717, 1.165) is 39.5 Å². The third kappa shape index (κ3) is 4.83. The van der Waals surface area contributed by atoms with Gasteiger partial charge in [0.15, 0.2) is 5.82 Å². The average Bonchev–Trinajstić information content (AvgIpc) is 3.34. The number of pyridine rings is 1. The predicted octanol–water partition coefficient (Wildman–Crippen LogP) is 10.5. The molecule has 3 nitrogen and oxygen atoms in total. The van der Waals surface area contributed by atoms with Crippen molar-refractivity contribution in [1.29, 1.82) is 0 Å². The van der Waals surface area contributed by atoms with Gasteiger partial charge in [-0.1, -0.05) is 129 Å². The highest BCUT2D eigenvalue weighted by Gasteiger charge is 2.35. The van der Waals surface area contributed by atoms with Crippen molar-refractivity contribution >= 4 is 0 Å². The Balaban J connectivity index is 1.14. The van der Waals surface area contributed by atoms with Crippen LogP contribution in [0, 0.1) is 0 Å². The first-order chi connectivity index (χ1) is 22.0. The van der Waals surface area contributed by atoms with E-state index in [1.807, 2.05) is 54.9 Å². The normalized spacial score (nSPS) is 12.8. The molecule has 1 aliphatic rings. The molecule has 0 amide bonds.